The summed E-state index contributed by atoms with van der Waals surface area (Å²) in [5.41, 5.74) is 0.105. The summed E-state index contributed by atoms with van der Waals surface area (Å²) in [4.78, 5) is 29.8. The Morgan fingerprint density at radius 1 is 1.19 bits per heavy atom. The van der Waals surface area contributed by atoms with Crippen LogP contribution >= 0.6 is 0 Å². The first-order chi connectivity index (χ1) is 7.68. The lowest BCUT2D eigenvalue weighted by atomic mass is 10.2. The van der Waals surface area contributed by atoms with Crippen molar-refractivity contribution in [2.75, 3.05) is 0 Å². The zero-order valence-corrected chi connectivity index (χ0v) is 7.95. The normalized spacial score (nSPS) is 10.0. The Kier molecular flexibility index (Phi) is 2.47. The predicted octanol–water partition coefficient (Wildman–Crippen LogP) is 0.999. The Labute approximate surface area is 89.6 Å². The van der Waals surface area contributed by atoms with Crippen LogP contribution in [-0.2, 0) is 0 Å². The maximum absolute atomic E-state index is 11.7. The van der Waals surface area contributed by atoms with Crippen molar-refractivity contribution in [2.24, 2.45) is 0 Å². The van der Waals surface area contributed by atoms with E-state index in [1.165, 1.54) is 30.7 Å². The first-order valence-corrected chi connectivity index (χ1v) is 4.32. The van der Waals surface area contributed by atoms with E-state index >= 15 is 0 Å². The van der Waals surface area contributed by atoms with E-state index in [1.807, 2.05) is 0 Å². The van der Waals surface area contributed by atoms with Crippen LogP contribution in [0.3, 0.4) is 0 Å². The number of carbonyl (C=O) groups excluding carboxylic acids is 1. The summed E-state index contributed by atoms with van der Waals surface area (Å²) in [7, 11) is 0. The van der Waals surface area contributed by atoms with Crippen molar-refractivity contribution in [1.29, 1.82) is 0 Å². The molecule has 0 unspecified atom stereocenters. The van der Waals surface area contributed by atoms with E-state index in [4.69, 9.17) is 9.52 Å². The fraction of sp³-hybridized carbons (Fsp3) is 0. The van der Waals surface area contributed by atoms with Crippen molar-refractivity contribution >= 4 is 11.8 Å². The number of aromatic carboxylic acids is 1. The van der Waals surface area contributed by atoms with Gasteiger partial charge in [0.1, 0.15) is 5.69 Å². The molecule has 0 saturated carbocycles. The average molecular weight is 218 g/mol. The van der Waals surface area contributed by atoms with Gasteiger partial charge >= 0.3 is 5.97 Å². The highest BCUT2D eigenvalue weighted by Crippen LogP contribution is 2.11. The molecule has 2 aromatic heterocycles. The van der Waals surface area contributed by atoms with Crippen LogP contribution < -0.4 is 0 Å². The van der Waals surface area contributed by atoms with Gasteiger partial charge in [-0.3, -0.25) is 9.78 Å². The van der Waals surface area contributed by atoms with Gasteiger partial charge < -0.3 is 9.52 Å². The Balaban J connectivity index is 2.31. The lowest BCUT2D eigenvalue weighted by Gasteiger charge is -1.94. The largest absolute Gasteiger partial charge is 0.475 e. The highest BCUT2D eigenvalue weighted by molar-refractivity contribution is 6.06. The number of ketones is 1. The Morgan fingerprint density at radius 3 is 2.50 bits per heavy atom. The molecule has 16 heavy (non-hydrogen) atoms. The molecule has 0 bridgehead atoms. The van der Waals surface area contributed by atoms with Crippen molar-refractivity contribution in [3.05, 3.63) is 47.9 Å². The lowest BCUT2D eigenvalue weighted by molar-refractivity contribution is 0.0660. The second-order valence-corrected chi connectivity index (χ2v) is 2.89. The summed E-state index contributed by atoms with van der Waals surface area (Å²) in [6.45, 7) is 0. The van der Waals surface area contributed by atoms with Crippen LogP contribution in [0, 0.1) is 0 Å². The summed E-state index contributed by atoms with van der Waals surface area (Å²) in [5.74, 6) is -2.08. The third-order valence-corrected chi connectivity index (χ3v) is 1.84. The van der Waals surface area contributed by atoms with Crippen LogP contribution in [0.25, 0.3) is 0 Å². The number of carboxylic acids is 1. The van der Waals surface area contributed by atoms with Gasteiger partial charge in [0, 0.05) is 12.4 Å². The number of rotatable bonds is 3. The van der Waals surface area contributed by atoms with E-state index in [1.54, 1.807) is 0 Å². The highest BCUT2D eigenvalue weighted by atomic mass is 16.4. The van der Waals surface area contributed by atoms with Crippen molar-refractivity contribution < 1.29 is 19.1 Å². The highest BCUT2D eigenvalue weighted by Gasteiger charge is 2.17. The summed E-state index contributed by atoms with van der Waals surface area (Å²) >= 11 is 0. The second-order valence-electron chi connectivity index (χ2n) is 2.89. The molecule has 1 N–H and O–H groups in total. The molecule has 0 aliphatic carbocycles. The molecule has 6 heteroatoms. The topological polar surface area (TPSA) is 93.3 Å². The standard InChI is InChI=1S/C10H6N2O4/c13-9(6-5-11-3-4-12-6)7-1-2-8(16-7)10(14)15/h1-5H,(H,14,15). The van der Waals surface area contributed by atoms with Gasteiger partial charge in [0.15, 0.2) is 5.76 Å². The van der Waals surface area contributed by atoms with Crippen LogP contribution in [0.15, 0.2) is 35.1 Å². The summed E-state index contributed by atoms with van der Waals surface area (Å²) in [5, 5.41) is 8.62. The van der Waals surface area contributed by atoms with Gasteiger partial charge in [-0.15, -0.1) is 0 Å². The minimum Gasteiger partial charge on any atom is -0.475 e. The number of carbonyl (C=O) groups is 2. The molecule has 6 nitrogen and oxygen atoms in total. The molecule has 80 valence electrons. The molecular formula is C10H6N2O4. The number of hydrogen-bond donors (Lipinski definition) is 1. The van der Waals surface area contributed by atoms with Gasteiger partial charge in [0.25, 0.3) is 0 Å². The van der Waals surface area contributed by atoms with E-state index < -0.39 is 11.8 Å². The number of aromatic nitrogens is 2. The number of nitrogens with zero attached hydrogens (tertiary/aromatic N) is 2. The second kappa shape index (κ2) is 3.93. The molecule has 0 radical (unpaired) electrons. The summed E-state index contributed by atoms with van der Waals surface area (Å²) in [6, 6.07) is 2.51. The van der Waals surface area contributed by atoms with E-state index in [2.05, 4.69) is 9.97 Å². The maximum atomic E-state index is 11.7. The van der Waals surface area contributed by atoms with Crippen LogP contribution in [0.1, 0.15) is 26.8 Å². The van der Waals surface area contributed by atoms with Gasteiger partial charge in [-0.05, 0) is 12.1 Å². The molecular weight excluding hydrogens is 212 g/mol. The quantitative estimate of drug-likeness (QED) is 0.772. The first kappa shape index (κ1) is 10.0. The molecule has 2 rings (SSSR count). The monoisotopic (exact) mass is 218 g/mol. The minimum absolute atomic E-state index is 0.0714. The van der Waals surface area contributed by atoms with Gasteiger partial charge in [-0.25, -0.2) is 9.78 Å². The molecule has 2 heterocycles. The predicted molar refractivity (Wildman–Crippen MR) is 51.1 cm³/mol. The Hall–Kier alpha value is -2.50. The smallest absolute Gasteiger partial charge is 0.371 e. The van der Waals surface area contributed by atoms with Crippen LogP contribution in [0.2, 0.25) is 0 Å². The molecule has 0 spiro atoms. The van der Waals surface area contributed by atoms with E-state index in [9.17, 15) is 9.59 Å². The van der Waals surface area contributed by atoms with E-state index in [-0.39, 0.29) is 17.2 Å². The van der Waals surface area contributed by atoms with E-state index in [0.717, 1.165) is 0 Å². The van der Waals surface area contributed by atoms with Crippen LogP contribution in [0.5, 0.6) is 0 Å². The van der Waals surface area contributed by atoms with Gasteiger partial charge in [-0.1, -0.05) is 0 Å². The van der Waals surface area contributed by atoms with Crippen molar-refractivity contribution in [2.45, 2.75) is 0 Å². The number of hydrogen-bond acceptors (Lipinski definition) is 5. The molecule has 0 fully saturated rings. The van der Waals surface area contributed by atoms with Gasteiger partial charge in [0.2, 0.25) is 11.5 Å². The molecule has 0 saturated heterocycles. The number of furan rings is 1. The minimum atomic E-state index is -1.22. The van der Waals surface area contributed by atoms with Crippen LogP contribution in [-0.4, -0.2) is 26.8 Å². The van der Waals surface area contributed by atoms with Gasteiger partial charge in [0.05, 0.1) is 6.20 Å². The summed E-state index contributed by atoms with van der Waals surface area (Å²) in [6.07, 6.45) is 4.08. The molecule has 0 amide bonds. The molecule has 0 aliphatic rings. The van der Waals surface area contributed by atoms with Crippen molar-refractivity contribution in [3.63, 3.8) is 0 Å². The fourth-order valence-corrected chi connectivity index (χ4v) is 1.12. The molecule has 2 aromatic rings. The number of carboxylic acid groups (broad SMARTS) is 1. The fourth-order valence-electron chi connectivity index (χ4n) is 1.12. The zero-order chi connectivity index (χ0) is 11.5. The van der Waals surface area contributed by atoms with Crippen molar-refractivity contribution in [1.82, 2.24) is 9.97 Å². The zero-order valence-electron chi connectivity index (χ0n) is 7.95. The summed E-state index contributed by atoms with van der Waals surface area (Å²) < 4.78 is 4.84. The molecule has 0 atom stereocenters. The first-order valence-electron chi connectivity index (χ1n) is 4.32. The van der Waals surface area contributed by atoms with Crippen LogP contribution in [0.4, 0.5) is 0 Å². The maximum Gasteiger partial charge on any atom is 0.371 e. The lowest BCUT2D eigenvalue weighted by Crippen LogP contribution is -2.03. The van der Waals surface area contributed by atoms with E-state index in [0.29, 0.717) is 0 Å². The van der Waals surface area contributed by atoms with Gasteiger partial charge in [-0.2, -0.15) is 0 Å². The average Bonchev–Trinajstić information content (AvgIpc) is 2.78. The molecule has 0 aromatic carbocycles. The Morgan fingerprint density at radius 2 is 1.94 bits per heavy atom. The third kappa shape index (κ3) is 1.81. The molecule has 0 aliphatic heterocycles. The third-order valence-electron chi connectivity index (χ3n) is 1.84. The SMILES string of the molecule is O=C(O)c1ccc(C(=O)c2cnccn2)o1. The van der Waals surface area contributed by atoms with Crippen molar-refractivity contribution in [3.8, 4) is 0 Å². The Bertz CT molecular complexity index is 533.